The molecule has 1 rings (SSSR count). The van der Waals surface area contributed by atoms with E-state index in [0.717, 1.165) is 21.6 Å². The van der Waals surface area contributed by atoms with Gasteiger partial charge in [-0.15, -0.1) is 0 Å². The molecule has 0 unspecified atom stereocenters. The summed E-state index contributed by atoms with van der Waals surface area (Å²) in [7, 11) is 2.10. The van der Waals surface area contributed by atoms with Crippen molar-refractivity contribution in [2.75, 3.05) is 23.4 Å². The standard InChI is InChI=1S/C23H30N6O12S2/c24-29-23(40)41-5-6-42-43-10-16(22(38)39)28-21(37)15(9-19(34)35)27-20(36)14(8-18(32)33)26-17(31)7-12-1-3-13(4-2-12)25-11-30/h1-4,11,14-16H,5-10,24H2,(H,25,30)(H,26,31)(H,27,36)(H,28,37)(H,29,40)(H,32,33)(H,34,35)(H,38,39)/t14-,15-,16-/m0/s1. The van der Waals surface area contributed by atoms with Gasteiger partial charge in [0.2, 0.25) is 24.1 Å². The molecule has 0 aromatic heterocycles. The van der Waals surface area contributed by atoms with Gasteiger partial charge in [-0.2, -0.15) is 0 Å². The van der Waals surface area contributed by atoms with Crippen LogP contribution in [0.2, 0.25) is 0 Å². The summed E-state index contributed by atoms with van der Waals surface area (Å²) in [6, 6.07) is 0.979. The van der Waals surface area contributed by atoms with Crippen molar-refractivity contribution in [1.29, 1.82) is 0 Å². The van der Waals surface area contributed by atoms with E-state index in [4.69, 9.17) is 5.84 Å². The van der Waals surface area contributed by atoms with Crippen molar-refractivity contribution in [3.63, 3.8) is 0 Å². The lowest BCUT2D eigenvalue weighted by Gasteiger charge is -2.23. The molecular formula is C23H30N6O12S2. The number of carbonyl (C=O) groups is 8. The minimum absolute atomic E-state index is 0.0449. The highest BCUT2D eigenvalue weighted by Gasteiger charge is 2.32. The average molecular weight is 647 g/mol. The number of ether oxygens (including phenoxy) is 1. The first-order valence-corrected chi connectivity index (χ1v) is 14.6. The first kappa shape index (κ1) is 36.5. The van der Waals surface area contributed by atoms with Crippen molar-refractivity contribution in [3.05, 3.63) is 29.8 Å². The summed E-state index contributed by atoms with van der Waals surface area (Å²) in [5.41, 5.74) is 2.66. The number of carbonyl (C=O) groups excluding carboxylic acids is 5. The van der Waals surface area contributed by atoms with E-state index in [0.29, 0.717) is 17.7 Å². The van der Waals surface area contributed by atoms with Gasteiger partial charge >= 0.3 is 24.0 Å². The van der Waals surface area contributed by atoms with Crippen LogP contribution in [0.1, 0.15) is 18.4 Å². The quantitative estimate of drug-likeness (QED) is 0.0190. The Bertz CT molecular complexity index is 1170. The van der Waals surface area contributed by atoms with E-state index in [1.165, 1.54) is 24.3 Å². The van der Waals surface area contributed by atoms with E-state index in [-0.39, 0.29) is 24.5 Å². The number of nitrogens with one attached hydrogen (secondary N) is 5. The number of anilines is 1. The van der Waals surface area contributed by atoms with Gasteiger partial charge in [0.25, 0.3) is 0 Å². The van der Waals surface area contributed by atoms with E-state index in [1.807, 2.05) is 0 Å². The smallest absolute Gasteiger partial charge is 0.421 e. The molecule has 0 aliphatic heterocycles. The van der Waals surface area contributed by atoms with E-state index in [1.54, 1.807) is 5.43 Å². The molecule has 1 aromatic carbocycles. The average Bonchev–Trinajstić information content (AvgIpc) is 2.93. The maximum Gasteiger partial charge on any atom is 0.421 e. The van der Waals surface area contributed by atoms with Gasteiger partial charge in [-0.25, -0.2) is 15.4 Å². The number of carboxylic acid groups (broad SMARTS) is 3. The van der Waals surface area contributed by atoms with Crippen molar-refractivity contribution in [3.8, 4) is 0 Å². The fraction of sp³-hybridized carbons (Fsp3) is 0.391. The number of nitrogens with two attached hydrogens (primary N) is 1. The van der Waals surface area contributed by atoms with Crippen LogP contribution < -0.4 is 32.5 Å². The van der Waals surface area contributed by atoms with E-state index >= 15 is 0 Å². The molecule has 0 bridgehead atoms. The summed E-state index contributed by atoms with van der Waals surface area (Å²) < 4.78 is 4.66. The van der Waals surface area contributed by atoms with Crippen LogP contribution >= 0.6 is 21.6 Å². The Balaban J connectivity index is 2.85. The number of hydrazine groups is 1. The molecule has 0 saturated carbocycles. The van der Waals surface area contributed by atoms with Crippen LogP contribution in [0, 0.1) is 0 Å². The van der Waals surface area contributed by atoms with Crippen molar-refractivity contribution < 1.29 is 58.4 Å². The van der Waals surface area contributed by atoms with Crippen molar-refractivity contribution in [1.82, 2.24) is 21.4 Å². The van der Waals surface area contributed by atoms with Crippen molar-refractivity contribution in [2.45, 2.75) is 37.4 Å². The number of hydrogen-bond donors (Lipinski definition) is 9. The van der Waals surface area contributed by atoms with Crippen molar-refractivity contribution in [2.24, 2.45) is 5.84 Å². The van der Waals surface area contributed by atoms with Crippen LogP contribution in [0.15, 0.2) is 24.3 Å². The van der Waals surface area contributed by atoms with E-state index in [9.17, 15) is 53.7 Å². The molecule has 0 radical (unpaired) electrons. The SMILES string of the molecule is NNC(=O)OCCSSC[C@H](NC(=O)[C@H](CC(=O)O)NC(=O)[C@H](CC(=O)O)NC(=O)Cc1ccc(NC=O)cc1)C(=O)O. The van der Waals surface area contributed by atoms with Crippen LogP contribution in [0.5, 0.6) is 0 Å². The number of aliphatic carboxylic acids is 3. The first-order valence-electron chi connectivity index (χ1n) is 12.1. The lowest BCUT2D eigenvalue weighted by molar-refractivity contribution is -0.144. The molecular weight excluding hydrogens is 616 g/mol. The molecule has 0 aliphatic carbocycles. The first-order chi connectivity index (χ1) is 20.4. The molecule has 0 spiro atoms. The zero-order chi connectivity index (χ0) is 32.4. The second-order valence-electron chi connectivity index (χ2n) is 8.30. The fourth-order valence-electron chi connectivity index (χ4n) is 3.09. The highest BCUT2D eigenvalue weighted by atomic mass is 33.1. The summed E-state index contributed by atoms with van der Waals surface area (Å²) in [6.07, 6.45) is -2.59. The van der Waals surface area contributed by atoms with E-state index in [2.05, 4.69) is 26.0 Å². The van der Waals surface area contributed by atoms with Gasteiger partial charge in [-0.3, -0.25) is 34.2 Å². The normalized spacial score (nSPS) is 12.4. The number of benzene rings is 1. The lowest BCUT2D eigenvalue weighted by Crippen LogP contribution is -2.57. The molecule has 43 heavy (non-hydrogen) atoms. The Hall–Kier alpha value is -4.56. The van der Waals surface area contributed by atoms with Crippen LogP contribution in [-0.4, -0.2) is 99.7 Å². The molecule has 10 N–H and O–H groups in total. The van der Waals surface area contributed by atoms with Crippen LogP contribution in [-0.2, 0) is 44.7 Å². The molecule has 18 nitrogen and oxygen atoms in total. The molecule has 1 aromatic rings. The Morgan fingerprint density at radius 2 is 1.40 bits per heavy atom. The molecule has 3 atom stereocenters. The largest absolute Gasteiger partial charge is 0.481 e. The molecule has 0 heterocycles. The Morgan fingerprint density at radius 3 is 1.91 bits per heavy atom. The lowest BCUT2D eigenvalue weighted by atomic mass is 10.1. The third-order valence-electron chi connectivity index (χ3n) is 5.04. The molecule has 0 saturated heterocycles. The van der Waals surface area contributed by atoms with Gasteiger partial charge in [0.05, 0.1) is 19.3 Å². The van der Waals surface area contributed by atoms with Gasteiger partial charge in [0.1, 0.15) is 24.7 Å². The minimum atomic E-state index is -1.82. The second kappa shape index (κ2) is 19.5. The van der Waals surface area contributed by atoms with Crippen LogP contribution in [0.4, 0.5) is 10.5 Å². The van der Waals surface area contributed by atoms with Gasteiger partial charge in [-0.1, -0.05) is 33.7 Å². The Kier molecular flexibility index (Phi) is 16.6. The summed E-state index contributed by atoms with van der Waals surface area (Å²) in [5.74, 6) is -2.74. The van der Waals surface area contributed by atoms with Gasteiger partial charge in [-0.05, 0) is 17.7 Å². The molecule has 0 fully saturated rings. The summed E-state index contributed by atoms with van der Waals surface area (Å²) in [6.45, 7) is -0.0449. The maximum atomic E-state index is 12.9. The molecule has 20 heteroatoms. The summed E-state index contributed by atoms with van der Waals surface area (Å²) >= 11 is 0. The third kappa shape index (κ3) is 15.3. The maximum absolute atomic E-state index is 12.9. The minimum Gasteiger partial charge on any atom is -0.481 e. The topological polar surface area (TPSA) is 293 Å². The monoisotopic (exact) mass is 646 g/mol. The fourth-order valence-corrected chi connectivity index (χ4v) is 5.07. The van der Waals surface area contributed by atoms with Gasteiger partial charge in [0.15, 0.2) is 0 Å². The Morgan fingerprint density at radius 1 is 0.837 bits per heavy atom. The third-order valence-corrected chi connectivity index (χ3v) is 7.41. The molecule has 5 amide bonds. The highest BCUT2D eigenvalue weighted by Crippen LogP contribution is 2.22. The zero-order valence-corrected chi connectivity index (χ0v) is 23.9. The van der Waals surface area contributed by atoms with Crippen LogP contribution in [0.25, 0.3) is 0 Å². The number of hydrogen-bond acceptors (Lipinski definition) is 12. The van der Waals surface area contributed by atoms with Crippen LogP contribution in [0.3, 0.4) is 0 Å². The predicted molar refractivity (Wildman–Crippen MR) is 151 cm³/mol. The number of rotatable bonds is 20. The van der Waals surface area contributed by atoms with Crippen molar-refractivity contribution >= 4 is 75.4 Å². The van der Waals surface area contributed by atoms with E-state index < -0.39 is 72.7 Å². The highest BCUT2D eigenvalue weighted by molar-refractivity contribution is 8.76. The molecule has 236 valence electrons. The number of carboxylic acids is 3. The summed E-state index contributed by atoms with van der Waals surface area (Å²) in [5, 5.41) is 36.7. The van der Waals surface area contributed by atoms with Gasteiger partial charge < -0.3 is 41.3 Å². The second-order valence-corrected chi connectivity index (χ2v) is 10.9. The molecule has 0 aliphatic rings. The summed E-state index contributed by atoms with van der Waals surface area (Å²) in [4.78, 5) is 93.9. The zero-order valence-electron chi connectivity index (χ0n) is 22.3. The number of amides is 5. The predicted octanol–water partition coefficient (Wildman–Crippen LogP) is -1.73. The van der Waals surface area contributed by atoms with Gasteiger partial charge in [0, 0.05) is 17.2 Å². The Labute approximate surface area is 251 Å².